The highest BCUT2D eigenvalue weighted by Crippen LogP contribution is 2.29. The largest absolute Gasteiger partial charge is 0.373 e. The van der Waals surface area contributed by atoms with E-state index in [1.165, 1.54) is 4.88 Å². The van der Waals surface area contributed by atoms with Crippen molar-refractivity contribution in [2.45, 2.75) is 26.2 Å². The second-order valence-electron chi connectivity index (χ2n) is 3.90. The van der Waals surface area contributed by atoms with Crippen LogP contribution in [-0.2, 0) is 16.0 Å². The van der Waals surface area contributed by atoms with Gasteiger partial charge in [-0.2, -0.15) is 0 Å². The summed E-state index contributed by atoms with van der Waals surface area (Å²) in [5.41, 5.74) is 2.93. The fourth-order valence-electron chi connectivity index (χ4n) is 1.43. The summed E-state index contributed by atoms with van der Waals surface area (Å²) in [7, 11) is 0. The standard InChI is InChI=1S/C11H15NO2S/c1-8-11(15-7-12-8)4-5-14-6-10(13)9-2-3-9/h7,9H,2-6H2,1H3. The van der Waals surface area contributed by atoms with Crippen LogP contribution in [0.5, 0.6) is 0 Å². The first-order chi connectivity index (χ1) is 7.27. The lowest BCUT2D eigenvalue weighted by molar-refractivity contribution is -0.124. The molecule has 4 heteroatoms. The van der Waals surface area contributed by atoms with Gasteiger partial charge in [0, 0.05) is 17.2 Å². The number of aryl methyl sites for hydroxylation is 1. The second-order valence-corrected chi connectivity index (χ2v) is 4.84. The fraction of sp³-hybridized carbons (Fsp3) is 0.636. The third-order valence-electron chi connectivity index (χ3n) is 2.60. The number of carbonyl (C=O) groups excluding carboxylic acids is 1. The molecule has 0 bridgehead atoms. The number of aromatic nitrogens is 1. The predicted molar refractivity (Wildman–Crippen MR) is 59.1 cm³/mol. The van der Waals surface area contributed by atoms with E-state index in [2.05, 4.69) is 4.98 Å². The Labute approximate surface area is 93.5 Å². The molecule has 0 spiro atoms. The maximum atomic E-state index is 11.3. The van der Waals surface area contributed by atoms with Crippen molar-refractivity contribution in [3.05, 3.63) is 16.1 Å². The summed E-state index contributed by atoms with van der Waals surface area (Å²) >= 11 is 1.65. The van der Waals surface area contributed by atoms with Gasteiger partial charge in [-0.1, -0.05) is 0 Å². The van der Waals surface area contributed by atoms with Gasteiger partial charge in [-0.15, -0.1) is 11.3 Å². The van der Waals surface area contributed by atoms with Crippen molar-refractivity contribution in [3.63, 3.8) is 0 Å². The minimum atomic E-state index is 0.274. The maximum absolute atomic E-state index is 11.3. The summed E-state index contributed by atoms with van der Waals surface area (Å²) in [5.74, 6) is 0.589. The van der Waals surface area contributed by atoms with Gasteiger partial charge in [-0.25, -0.2) is 4.98 Å². The number of Topliss-reactive ketones (excluding diaryl/α,β-unsaturated/α-hetero) is 1. The van der Waals surface area contributed by atoms with E-state index in [9.17, 15) is 4.79 Å². The van der Waals surface area contributed by atoms with Crippen LogP contribution in [0, 0.1) is 12.8 Å². The smallest absolute Gasteiger partial charge is 0.161 e. The predicted octanol–water partition coefficient (Wildman–Crippen LogP) is 1.99. The van der Waals surface area contributed by atoms with Crippen LogP contribution in [0.1, 0.15) is 23.4 Å². The molecular weight excluding hydrogens is 210 g/mol. The summed E-state index contributed by atoms with van der Waals surface area (Å²) < 4.78 is 5.35. The van der Waals surface area contributed by atoms with Gasteiger partial charge in [-0.3, -0.25) is 4.79 Å². The van der Waals surface area contributed by atoms with Crippen LogP contribution in [0.4, 0.5) is 0 Å². The Hall–Kier alpha value is -0.740. The quantitative estimate of drug-likeness (QED) is 0.695. The van der Waals surface area contributed by atoms with Crippen LogP contribution in [0.3, 0.4) is 0 Å². The highest BCUT2D eigenvalue weighted by Gasteiger charge is 2.28. The maximum Gasteiger partial charge on any atom is 0.161 e. The van der Waals surface area contributed by atoms with Crippen molar-refractivity contribution >= 4 is 17.1 Å². The molecule has 0 aliphatic heterocycles. The Morgan fingerprint density at radius 2 is 2.47 bits per heavy atom. The van der Waals surface area contributed by atoms with Crippen LogP contribution >= 0.6 is 11.3 Å². The zero-order valence-electron chi connectivity index (χ0n) is 8.86. The molecule has 1 heterocycles. The molecule has 1 fully saturated rings. The molecule has 0 radical (unpaired) electrons. The molecule has 1 aliphatic rings. The van der Waals surface area contributed by atoms with E-state index in [0.717, 1.165) is 25.0 Å². The van der Waals surface area contributed by atoms with Crippen LogP contribution in [-0.4, -0.2) is 24.0 Å². The molecule has 1 aliphatic carbocycles. The molecule has 1 aromatic rings. The fourth-order valence-corrected chi connectivity index (χ4v) is 2.19. The molecule has 0 unspecified atom stereocenters. The summed E-state index contributed by atoms with van der Waals surface area (Å²) in [6, 6.07) is 0. The topological polar surface area (TPSA) is 39.2 Å². The summed E-state index contributed by atoms with van der Waals surface area (Å²) in [6.07, 6.45) is 3.00. The number of carbonyl (C=O) groups is 1. The molecule has 0 N–H and O–H groups in total. The minimum Gasteiger partial charge on any atom is -0.373 e. The molecule has 3 nitrogen and oxygen atoms in total. The van der Waals surface area contributed by atoms with Gasteiger partial charge in [0.25, 0.3) is 0 Å². The van der Waals surface area contributed by atoms with E-state index in [0.29, 0.717) is 19.1 Å². The van der Waals surface area contributed by atoms with Crippen molar-refractivity contribution in [3.8, 4) is 0 Å². The van der Waals surface area contributed by atoms with E-state index in [1.54, 1.807) is 11.3 Å². The zero-order chi connectivity index (χ0) is 10.7. The normalized spacial score (nSPS) is 15.5. The molecular formula is C11H15NO2S. The third kappa shape index (κ3) is 3.11. The molecule has 0 atom stereocenters. The van der Waals surface area contributed by atoms with Crippen LogP contribution < -0.4 is 0 Å². The van der Waals surface area contributed by atoms with Crippen LogP contribution in [0.15, 0.2) is 5.51 Å². The van der Waals surface area contributed by atoms with E-state index < -0.39 is 0 Å². The number of nitrogens with zero attached hydrogens (tertiary/aromatic N) is 1. The number of thiazole rings is 1. The molecule has 82 valence electrons. The van der Waals surface area contributed by atoms with Gasteiger partial charge in [0.15, 0.2) is 5.78 Å². The van der Waals surface area contributed by atoms with E-state index in [1.807, 2.05) is 12.4 Å². The molecule has 1 aromatic heterocycles. The Morgan fingerprint density at radius 3 is 3.07 bits per heavy atom. The van der Waals surface area contributed by atoms with E-state index >= 15 is 0 Å². The van der Waals surface area contributed by atoms with E-state index in [4.69, 9.17) is 4.74 Å². The van der Waals surface area contributed by atoms with Crippen molar-refractivity contribution in [2.75, 3.05) is 13.2 Å². The first-order valence-corrected chi connectivity index (χ1v) is 6.15. The summed E-state index contributed by atoms with van der Waals surface area (Å²) in [6.45, 7) is 2.92. The van der Waals surface area contributed by atoms with Gasteiger partial charge < -0.3 is 4.74 Å². The second kappa shape index (κ2) is 4.86. The lowest BCUT2D eigenvalue weighted by Crippen LogP contribution is -2.11. The highest BCUT2D eigenvalue weighted by atomic mass is 32.1. The first-order valence-electron chi connectivity index (χ1n) is 5.27. The SMILES string of the molecule is Cc1ncsc1CCOCC(=O)C1CC1. The van der Waals surface area contributed by atoms with Crippen molar-refractivity contribution in [2.24, 2.45) is 5.92 Å². The molecule has 0 amide bonds. The third-order valence-corrected chi connectivity index (χ3v) is 3.59. The molecule has 15 heavy (non-hydrogen) atoms. The average molecular weight is 225 g/mol. The molecule has 2 rings (SSSR count). The molecule has 0 aromatic carbocycles. The van der Waals surface area contributed by atoms with Crippen LogP contribution in [0.25, 0.3) is 0 Å². The lowest BCUT2D eigenvalue weighted by atomic mass is 10.3. The number of ketones is 1. The Bertz CT molecular complexity index is 344. The van der Waals surface area contributed by atoms with Gasteiger partial charge in [0.05, 0.1) is 17.8 Å². The highest BCUT2D eigenvalue weighted by molar-refractivity contribution is 7.09. The van der Waals surface area contributed by atoms with Crippen molar-refractivity contribution < 1.29 is 9.53 Å². The number of hydrogen-bond acceptors (Lipinski definition) is 4. The minimum absolute atomic E-state index is 0.274. The molecule has 1 saturated carbocycles. The van der Waals surface area contributed by atoms with Crippen molar-refractivity contribution in [1.29, 1.82) is 0 Å². The van der Waals surface area contributed by atoms with Gasteiger partial charge in [0.1, 0.15) is 6.61 Å². The number of hydrogen-bond donors (Lipinski definition) is 0. The van der Waals surface area contributed by atoms with Gasteiger partial charge >= 0.3 is 0 Å². The Balaban J connectivity index is 1.62. The Kier molecular flexibility index (Phi) is 3.49. The average Bonchev–Trinajstić information content (AvgIpc) is 2.99. The number of rotatable bonds is 6. The van der Waals surface area contributed by atoms with Gasteiger partial charge in [-0.05, 0) is 19.8 Å². The van der Waals surface area contributed by atoms with Crippen LogP contribution in [0.2, 0.25) is 0 Å². The van der Waals surface area contributed by atoms with Gasteiger partial charge in [0.2, 0.25) is 0 Å². The monoisotopic (exact) mass is 225 g/mol. The molecule has 0 saturated heterocycles. The lowest BCUT2D eigenvalue weighted by Gasteiger charge is -2.01. The number of ether oxygens (including phenoxy) is 1. The Morgan fingerprint density at radius 1 is 1.67 bits per heavy atom. The first kappa shape index (κ1) is 10.8. The summed E-state index contributed by atoms with van der Waals surface area (Å²) in [5, 5.41) is 0. The summed E-state index contributed by atoms with van der Waals surface area (Å²) in [4.78, 5) is 16.7. The van der Waals surface area contributed by atoms with E-state index in [-0.39, 0.29) is 5.78 Å². The van der Waals surface area contributed by atoms with Crippen molar-refractivity contribution in [1.82, 2.24) is 4.98 Å². The zero-order valence-corrected chi connectivity index (χ0v) is 9.68.